The van der Waals surface area contributed by atoms with Gasteiger partial charge in [0.1, 0.15) is 5.75 Å². The van der Waals surface area contributed by atoms with E-state index in [1.807, 2.05) is 37.4 Å². The maximum Gasteiger partial charge on any atom is 0.143 e. The Bertz CT molecular complexity index is 572. The Morgan fingerprint density at radius 2 is 2.00 bits per heavy atom. The third-order valence-corrected chi connectivity index (χ3v) is 3.46. The average molecular weight is 321 g/mol. The summed E-state index contributed by atoms with van der Waals surface area (Å²) in [6, 6.07) is 14.1. The minimum Gasteiger partial charge on any atom is -0.495 e. The molecule has 0 aliphatic rings. The topological polar surface area (TPSA) is 38.5 Å². The smallest absolute Gasteiger partial charge is 0.143 e. The summed E-state index contributed by atoms with van der Waals surface area (Å²) in [5.41, 5.74) is 8.80. The summed E-state index contributed by atoms with van der Waals surface area (Å²) in [6.45, 7) is 0.826. The zero-order valence-electron chi connectivity index (χ0n) is 11.1. The summed E-state index contributed by atoms with van der Waals surface area (Å²) < 4.78 is 6.34. The highest BCUT2D eigenvalue weighted by Crippen LogP contribution is 2.27. The Kier molecular flexibility index (Phi) is 4.32. The molecule has 4 heteroatoms. The molecule has 0 fully saturated rings. The van der Waals surface area contributed by atoms with Crippen LogP contribution in [0.15, 0.2) is 46.9 Å². The second-order valence-corrected chi connectivity index (χ2v) is 5.33. The fourth-order valence-corrected chi connectivity index (χ4v) is 2.38. The first-order valence-electron chi connectivity index (χ1n) is 5.99. The van der Waals surface area contributed by atoms with Crippen LogP contribution in [0.25, 0.3) is 0 Å². The predicted molar refractivity (Wildman–Crippen MR) is 83.7 cm³/mol. The molecule has 3 nitrogen and oxygen atoms in total. The van der Waals surface area contributed by atoms with Crippen molar-refractivity contribution in [1.82, 2.24) is 0 Å². The zero-order chi connectivity index (χ0) is 13.8. The number of hydrogen-bond acceptors (Lipinski definition) is 3. The molecule has 0 aliphatic heterocycles. The highest BCUT2D eigenvalue weighted by Gasteiger charge is 2.06. The number of nitrogens with zero attached hydrogens (tertiary/aromatic N) is 1. The van der Waals surface area contributed by atoms with Gasteiger partial charge >= 0.3 is 0 Å². The van der Waals surface area contributed by atoms with Gasteiger partial charge in [0.25, 0.3) is 0 Å². The van der Waals surface area contributed by atoms with Gasteiger partial charge in [0.15, 0.2) is 0 Å². The molecular formula is C15H17BrN2O. The molecule has 0 saturated carbocycles. The number of anilines is 2. The first-order chi connectivity index (χ1) is 9.10. The molecule has 0 spiro atoms. The Labute approximate surface area is 122 Å². The second kappa shape index (κ2) is 5.97. The molecular weight excluding hydrogens is 304 g/mol. The van der Waals surface area contributed by atoms with Crippen molar-refractivity contribution in [3.63, 3.8) is 0 Å². The van der Waals surface area contributed by atoms with Gasteiger partial charge in [0, 0.05) is 29.8 Å². The molecule has 0 heterocycles. The van der Waals surface area contributed by atoms with Crippen molar-refractivity contribution in [3.8, 4) is 5.75 Å². The van der Waals surface area contributed by atoms with Gasteiger partial charge in [-0.05, 0) is 29.8 Å². The van der Waals surface area contributed by atoms with Crippen molar-refractivity contribution in [3.05, 3.63) is 52.5 Å². The van der Waals surface area contributed by atoms with Crippen LogP contribution in [0.2, 0.25) is 0 Å². The Morgan fingerprint density at radius 1 is 1.21 bits per heavy atom. The molecule has 19 heavy (non-hydrogen) atoms. The standard InChI is InChI=1S/C15H17BrN2O/c1-18(10-11-4-3-5-12(16)8-11)13-6-7-14(17)15(9-13)19-2/h3-9H,10,17H2,1-2H3. The first-order valence-corrected chi connectivity index (χ1v) is 6.78. The van der Waals surface area contributed by atoms with E-state index in [0.29, 0.717) is 11.4 Å². The molecule has 2 rings (SSSR count). The molecule has 2 aromatic rings. The van der Waals surface area contributed by atoms with E-state index in [4.69, 9.17) is 10.5 Å². The van der Waals surface area contributed by atoms with Crippen molar-refractivity contribution in [2.24, 2.45) is 0 Å². The van der Waals surface area contributed by atoms with Crippen LogP contribution in [0.3, 0.4) is 0 Å². The molecule has 0 saturated heterocycles. The number of hydrogen-bond donors (Lipinski definition) is 1. The molecule has 0 bridgehead atoms. The lowest BCUT2D eigenvalue weighted by Gasteiger charge is -2.20. The number of benzene rings is 2. The predicted octanol–water partition coefficient (Wildman–Crippen LogP) is 3.68. The highest BCUT2D eigenvalue weighted by atomic mass is 79.9. The van der Waals surface area contributed by atoms with Gasteiger partial charge in [0.05, 0.1) is 12.8 Å². The van der Waals surface area contributed by atoms with Gasteiger partial charge in [-0.3, -0.25) is 0 Å². The number of halogens is 1. The largest absolute Gasteiger partial charge is 0.495 e. The van der Waals surface area contributed by atoms with Crippen molar-refractivity contribution in [2.45, 2.75) is 6.54 Å². The lowest BCUT2D eigenvalue weighted by molar-refractivity contribution is 0.417. The van der Waals surface area contributed by atoms with E-state index in [1.165, 1.54) is 5.56 Å². The fourth-order valence-electron chi connectivity index (χ4n) is 1.94. The third kappa shape index (κ3) is 3.41. The SMILES string of the molecule is COc1cc(N(C)Cc2cccc(Br)c2)ccc1N. The van der Waals surface area contributed by atoms with E-state index in [2.05, 4.69) is 33.0 Å². The molecule has 0 aromatic heterocycles. The van der Waals surface area contributed by atoms with E-state index < -0.39 is 0 Å². The van der Waals surface area contributed by atoms with Crippen molar-refractivity contribution < 1.29 is 4.74 Å². The Hall–Kier alpha value is -1.68. The lowest BCUT2D eigenvalue weighted by Crippen LogP contribution is -2.16. The van der Waals surface area contributed by atoms with Gasteiger partial charge in [-0.15, -0.1) is 0 Å². The Morgan fingerprint density at radius 3 is 2.68 bits per heavy atom. The highest BCUT2D eigenvalue weighted by molar-refractivity contribution is 9.10. The van der Waals surface area contributed by atoms with Gasteiger partial charge in [-0.1, -0.05) is 28.1 Å². The molecule has 0 radical (unpaired) electrons. The van der Waals surface area contributed by atoms with Crippen LogP contribution in [0.5, 0.6) is 5.75 Å². The number of nitrogen functional groups attached to an aromatic ring is 1. The zero-order valence-corrected chi connectivity index (χ0v) is 12.6. The number of rotatable bonds is 4. The number of nitrogens with two attached hydrogens (primary N) is 1. The van der Waals surface area contributed by atoms with Crippen LogP contribution in [-0.4, -0.2) is 14.2 Å². The summed E-state index contributed by atoms with van der Waals surface area (Å²) in [4.78, 5) is 2.16. The fraction of sp³-hybridized carbons (Fsp3) is 0.200. The molecule has 0 amide bonds. The van der Waals surface area contributed by atoms with Crippen molar-refractivity contribution in [1.29, 1.82) is 0 Å². The molecule has 0 aliphatic carbocycles. The van der Waals surface area contributed by atoms with Crippen LogP contribution >= 0.6 is 15.9 Å². The normalized spacial score (nSPS) is 10.3. The summed E-state index contributed by atoms with van der Waals surface area (Å²) in [7, 11) is 3.68. The molecule has 100 valence electrons. The van der Waals surface area contributed by atoms with Crippen LogP contribution in [0.1, 0.15) is 5.56 Å². The molecule has 2 aromatic carbocycles. The lowest BCUT2D eigenvalue weighted by atomic mass is 10.2. The number of methoxy groups -OCH3 is 1. The average Bonchev–Trinajstić information content (AvgIpc) is 2.39. The molecule has 2 N–H and O–H groups in total. The van der Waals surface area contributed by atoms with Gasteiger partial charge in [0.2, 0.25) is 0 Å². The maximum atomic E-state index is 5.82. The van der Waals surface area contributed by atoms with Gasteiger partial charge in [-0.2, -0.15) is 0 Å². The van der Waals surface area contributed by atoms with E-state index >= 15 is 0 Å². The quantitative estimate of drug-likeness (QED) is 0.873. The van der Waals surface area contributed by atoms with Crippen LogP contribution in [0.4, 0.5) is 11.4 Å². The van der Waals surface area contributed by atoms with E-state index in [1.54, 1.807) is 7.11 Å². The summed E-state index contributed by atoms with van der Waals surface area (Å²) in [5.74, 6) is 0.707. The van der Waals surface area contributed by atoms with E-state index in [9.17, 15) is 0 Å². The van der Waals surface area contributed by atoms with E-state index in [-0.39, 0.29) is 0 Å². The van der Waals surface area contributed by atoms with Gasteiger partial charge < -0.3 is 15.4 Å². The Balaban J connectivity index is 2.18. The first kappa shape index (κ1) is 13.7. The summed E-state index contributed by atoms with van der Waals surface area (Å²) in [6.07, 6.45) is 0. The minimum atomic E-state index is 0.655. The van der Waals surface area contributed by atoms with Crippen molar-refractivity contribution >= 4 is 27.3 Å². The number of ether oxygens (including phenoxy) is 1. The third-order valence-electron chi connectivity index (χ3n) is 2.97. The summed E-state index contributed by atoms with van der Waals surface area (Å²) >= 11 is 3.49. The van der Waals surface area contributed by atoms with Crippen molar-refractivity contribution in [2.75, 3.05) is 24.8 Å². The van der Waals surface area contributed by atoms with Crippen LogP contribution in [-0.2, 0) is 6.54 Å². The second-order valence-electron chi connectivity index (χ2n) is 4.41. The van der Waals surface area contributed by atoms with E-state index in [0.717, 1.165) is 16.7 Å². The van der Waals surface area contributed by atoms with Gasteiger partial charge in [-0.25, -0.2) is 0 Å². The van der Waals surface area contributed by atoms with Crippen LogP contribution < -0.4 is 15.4 Å². The monoisotopic (exact) mass is 320 g/mol. The molecule has 0 unspecified atom stereocenters. The van der Waals surface area contributed by atoms with Crippen LogP contribution in [0, 0.1) is 0 Å². The summed E-state index contributed by atoms with van der Waals surface area (Å²) in [5, 5.41) is 0. The minimum absolute atomic E-state index is 0.655. The molecule has 0 atom stereocenters. The maximum absolute atomic E-state index is 5.82.